The number of nitrogens with zero attached hydrogens (tertiary/aromatic N) is 2. The molecule has 1 aromatic carbocycles. The lowest BCUT2D eigenvalue weighted by atomic mass is 10.2. The number of phenolic OH excluding ortho intramolecular Hbond substituents is 1. The predicted molar refractivity (Wildman–Crippen MR) is 92.0 cm³/mol. The van der Waals surface area contributed by atoms with Crippen LogP contribution in [0.5, 0.6) is 11.5 Å². The Morgan fingerprint density at radius 1 is 1.19 bits per heavy atom. The van der Waals surface area contributed by atoms with Crippen molar-refractivity contribution in [2.24, 2.45) is 0 Å². The average molecular weight is 356 g/mol. The summed E-state index contributed by atoms with van der Waals surface area (Å²) in [5.74, 6) is 0.419. The van der Waals surface area contributed by atoms with Crippen molar-refractivity contribution in [3.63, 3.8) is 0 Å². The van der Waals surface area contributed by atoms with Crippen LogP contribution in [0.15, 0.2) is 41.0 Å². The number of rotatable bonds is 4. The Labute approximate surface area is 150 Å². The number of likely N-dealkylation sites (tertiary alicyclic amines) is 2. The summed E-state index contributed by atoms with van der Waals surface area (Å²) in [4.78, 5) is 28.7. The Kier molecular flexibility index (Phi) is 4.06. The fourth-order valence-corrected chi connectivity index (χ4v) is 3.75. The molecule has 0 radical (unpaired) electrons. The number of carbonyl (C=O) groups is 2. The van der Waals surface area contributed by atoms with Gasteiger partial charge in [-0.1, -0.05) is 12.1 Å². The molecular formula is C19H20N2O5. The number of carbonyl (C=O) groups excluding carboxylic acids is 2. The molecule has 2 aliphatic heterocycles. The average Bonchev–Trinajstić information content (AvgIpc) is 3.35. The lowest BCUT2D eigenvalue weighted by Crippen LogP contribution is -2.51. The van der Waals surface area contributed by atoms with E-state index >= 15 is 0 Å². The molecule has 26 heavy (non-hydrogen) atoms. The summed E-state index contributed by atoms with van der Waals surface area (Å²) in [6, 6.07) is 8.33. The summed E-state index contributed by atoms with van der Waals surface area (Å²) in [7, 11) is 0. The number of amides is 2. The van der Waals surface area contributed by atoms with Crippen molar-refractivity contribution in [1.29, 1.82) is 0 Å². The normalized spacial score (nSPS) is 21.3. The van der Waals surface area contributed by atoms with Gasteiger partial charge in [-0.15, -0.1) is 0 Å². The lowest BCUT2D eigenvalue weighted by molar-refractivity contribution is -0.135. The number of aromatic hydroxyl groups is 1. The molecule has 0 unspecified atom stereocenters. The second-order valence-corrected chi connectivity index (χ2v) is 6.74. The zero-order chi connectivity index (χ0) is 18.3. The fourth-order valence-electron chi connectivity index (χ4n) is 3.75. The summed E-state index contributed by atoms with van der Waals surface area (Å²) in [5.41, 5.74) is 0.821. The van der Waals surface area contributed by atoms with Crippen LogP contribution in [0.2, 0.25) is 0 Å². The summed E-state index contributed by atoms with van der Waals surface area (Å²) in [6.07, 6.45) is 2.29. The minimum atomic E-state index is -0.137. The number of fused-ring (bicyclic) bond motifs is 2. The monoisotopic (exact) mass is 356 g/mol. The molecule has 7 heteroatoms. The number of benzene rings is 1. The number of hydrogen-bond acceptors (Lipinski definition) is 5. The number of para-hydroxylation sites is 2. The first-order chi connectivity index (χ1) is 12.5. The van der Waals surface area contributed by atoms with Crippen LogP contribution in [0.4, 0.5) is 0 Å². The molecule has 2 saturated heterocycles. The highest BCUT2D eigenvalue weighted by atomic mass is 16.5. The van der Waals surface area contributed by atoms with Crippen molar-refractivity contribution >= 4 is 11.8 Å². The van der Waals surface area contributed by atoms with Gasteiger partial charge in [-0.2, -0.15) is 0 Å². The number of piperazine rings is 1. The maximum atomic E-state index is 12.6. The van der Waals surface area contributed by atoms with Crippen LogP contribution in [0, 0.1) is 6.92 Å². The summed E-state index contributed by atoms with van der Waals surface area (Å²) < 4.78 is 10.7. The highest BCUT2D eigenvalue weighted by Gasteiger charge is 2.47. The molecule has 2 aliphatic rings. The van der Waals surface area contributed by atoms with Gasteiger partial charge in [0.15, 0.2) is 23.9 Å². The standard InChI is InChI=1S/C19H20N2O5/c1-12-6-7-25-18(12)19(24)21-10-13-8-14(21)9-20(13)17(23)11-26-16-5-3-2-4-15(16)22/h2-7,13-14,22H,8-11H2,1H3/t13-,14-/m0/s1. The number of aryl methyl sites for hydroxylation is 1. The number of furan rings is 1. The van der Waals surface area contributed by atoms with Crippen molar-refractivity contribution in [3.8, 4) is 11.5 Å². The van der Waals surface area contributed by atoms with Gasteiger partial charge in [-0.25, -0.2) is 0 Å². The van der Waals surface area contributed by atoms with E-state index in [1.54, 1.807) is 34.1 Å². The van der Waals surface area contributed by atoms with Gasteiger partial charge in [0.1, 0.15) is 0 Å². The molecule has 2 amide bonds. The molecule has 1 N–H and O–H groups in total. The van der Waals surface area contributed by atoms with Gasteiger partial charge in [-0.05, 0) is 31.5 Å². The van der Waals surface area contributed by atoms with E-state index in [2.05, 4.69) is 0 Å². The van der Waals surface area contributed by atoms with E-state index in [1.165, 1.54) is 12.3 Å². The third-order valence-electron chi connectivity index (χ3n) is 5.09. The summed E-state index contributed by atoms with van der Waals surface area (Å²) >= 11 is 0. The molecule has 2 aromatic rings. The minimum absolute atomic E-state index is 0.000288. The topological polar surface area (TPSA) is 83.2 Å². The fraction of sp³-hybridized carbons (Fsp3) is 0.368. The summed E-state index contributed by atoms with van der Waals surface area (Å²) in [6.45, 7) is 2.72. The number of ether oxygens (including phenoxy) is 1. The van der Waals surface area contributed by atoms with Gasteiger partial charge in [-0.3, -0.25) is 9.59 Å². The SMILES string of the molecule is Cc1ccoc1C(=O)N1C[C@@H]2C[C@H]1CN2C(=O)COc1ccccc1O. The van der Waals surface area contributed by atoms with E-state index in [0.29, 0.717) is 18.8 Å². The van der Waals surface area contributed by atoms with E-state index < -0.39 is 0 Å². The van der Waals surface area contributed by atoms with Crippen LogP contribution >= 0.6 is 0 Å². The number of hydrogen-bond donors (Lipinski definition) is 1. The minimum Gasteiger partial charge on any atom is -0.504 e. The lowest BCUT2D eigenvalue weighted by Gasteiger charge is -2.33. The Hall–Kier alpha value is -2.96. The smallest absolute Gasteiger partial charge is 0.290 e. The third kappa shape index (κ3) is 2.79. The summed E-state index contributed by atoms with van der Waals surface area (Å²) in [5, 5.41) is 9.70. The van der Waals surface area contributed by atoms with E-state index in [1.807, 2.05) is 6.92 Å². The quantitative estimate of drug-likeness (QED) is 0.903. The van der Waals surface area contributed by atoms with Crippen molar-refractivity contribution < 1.29 is 23.8 Å². The van der Waals surface area contributed by atoms with E-state index in [4.69, 9.17) is 9.15 Å². The molecule has 2 atom stereocenters. The van der Waals surface area contributed by atoms with Crippen molar-refractivity contribution in [2.75, 3.05) is 19.7 Å². The maximum Gasteiger partial charge on any atom is 0.290 e. The molecule has 0 saturated carbocycles. The Morgan fingerprint density at radius 2 is 1.92 bits per heavy atom. The van der Waals surface area contributed by atoms with E-state index in [9.17, 15) is 14.7 Å². The van der Waals surface area contributed by atoms with Gasteiger partial charge < -0.3 is 24.1 Å². The van der Waals surface area contributed by atoms with Crippen LogP contribution in [0.25, 0.3) is 0 Å². The van der Waals surface area contributed by atoms with Gasteiger partial charge in [0.05, 0.1) is 18.3 Å². The second kappa shape index (κ2) is 6.40. The Bertz CT molecular complexity index is 846. The van der Waals surface area contributed by atoms with E-state index in [0.717, 1.165) is 12.0 Å². The predicted octanol–water partition coefficient (Wildman–Crippen LogP) is 1.80. The van der Waals surface area contributed by atoms with Gasteiger partial charge in [0.25, 0.3) is 11.8 Å². The Morgan fingerprint density at radius 3 is 2.58 bits per heavy atom. The van der Waals surface area contributed by atoms with Crippen LogP contribution in [-0.2, 0) is 4.79 Å². The second-order valence-electron chi connectivity index (χ2n) is 6.74. The zero-order valence-electron chi connectivity index (χ0n) is 14.4. The molecule has 0 spiro atoms. The first-order valence-electron chi connectivity index (χ1n) is 8.60. The molecule has 2 fully saturated rings. The first-order valence-corrected chi connectivity index (χ1v) is 8.60. The van der Waals surface area contributed by atoms with Gasteiger partial charge in [0.2, 0.25) is 0 Å². The van der Waals surface area contributed by atoms with Crippen LogP contribution in [0.1, 0.15) is 22.5 Å². The molecule has 7 nitrogen and oxygen atoms in total. The maximum absolute atomic E-state index is 12.6. The molecular weight excluding hydrogens is 336 g/mol. The van der Waals surface area contributed by atoms with Crippen LogP contribution < -0.4 is 4.74 Å². The van der Waals surface area contributed by atoms with Gasteiger partial charge >= 0.3 is 0 Å². The largest absolute Gasteiger partial charge is 0.504 e. The third-order valence-corrected chi connectivity index (χ3v) is 5.09. The van der Waals surface area contributed by atoms with E-state index in [-0.39, 0.29) is 42.0 Å². The van der Waals surface area contributed by atoms with Crippen LogP contribution in [-0.4, -0.2) is 58.5 Å². The highest BCUT2D eigenvalue weighted by molar-refractivity contribution is 5.93. The molecule has 2 bridgehead atoms. The van der Waals surface area contributed by atoms with Crippen molar-refractivity contribution in [3.05, 3.63) is 47.9 Å². The Balaban J connectivity index is 1.36. The van der Waals surface area contributed by atoms with Crippen LogP contribution in [0.3, 0.4) is 0 Å². The first kappa shape index (κ1) is 16.5. The zero-order valence-corrected chi connectivity index (χ0v) is 14.4. The number of phenols is 1. The molecule has 136 valence electrons. The van der Waals surface area contributed by atoms with Gasteiger partial charge in [0, 0.05) is 18.7 Å². The highest BCUT2D eigenvalue weighted by Crippen LogP contribution is 2.33. The molecule has 1 aromatic heterocycles. The van der Waals surface area contributed by atoms with Crippen molar-refractivity contribution in [1.82, 2.24) is 9.80 Å². The molecule has 4 rings (SSSR count). The molecule has 3 heterocycles. The van der Waals surface area contributed by atoms with Crippen molar-refractivity contribution in [2.45, 2.75) is 25.4 Å². The molecule has 0 aliphatic carbocycles.